The SMILES string of the molecule is CNS(=O)(=O)c1csc(-c2nc(C3(N)CCC3)no2)c1. The van der Waals surface area contributed by atoms with Crippen molar-refractivity contribution in [2.45, 2.75) is 29.7 Å². The van der Waals surface area contributed by atoms with Gasteiger partial charge in [-0.15, -0.1) is 11.3 Å². The highest BCUT2D eigenvalue weighted by Gasteiger charge is 2.39. The quantitative estimate of drug-likeness (QED) is 0.872. The Bertz CT molecular complexity index is 730. The lowest BCUT2D eigenvalue weighted by molar-refractivity contribution is 0.229. The molecule has 0 amide bonds. The van der Waals surface area contributed by atoms with Crippen LogP contribution in [-0.2, 0) is 15.6 Å². The molecule has 20 heavy (non-hydrogen) atoms. The first-order valence-electron chi connectivity index (χ1n) is 6.10. The summed E-state index contributed by atoms with van der Waals surface area (Å²) in [6.45, 7) is 0. The van der Waals surface area contributed by atoms with Gasteiger partial charge in [-0.2, -0.15) is 4.98 Å². The lowest BCUT2D eigenvalue weighted by atomic mass is 9.77. The topological polar surface area (TPSA) is 111 Å². The summed E-state index contributed by atoms with van der Waals surface area (Å²) in [5.41, 5.74) is 5.64. The molecule has 0 spiro atoms. The van der Waals surface area contributed by atoms with E-state index in [0.29, 0.717) is 16.6 Å². The van der Waals surface area contributed by atoms with Crippen LogP contribution in [0.5, 0.6) is 0 Å². The maximum Gasteiger partial charge on any atom is 0.268 e. The van der Waals surface area contributed by atoms with Crippen LogP contribution in [0.15, 0.2) is 20.9 Å². The zero-order valence-electron chi connectivity index (χ0n) is 10.8. The Morgan fingerprint density at radius 1 is 1.50 bits per heavy atom. The van der Waals surface area contributed by atoms with Crippen LogP contribution in [0.1, 0.15) is 25.1 Å². The number of nitrogens with two attached hydrogens (primary N) is 1. The molecule has 9 heteroatoms. The average Bonchev–Trinajstić information content (AvgIpc) is 3.04. The second kappa shape index (κ2) is 4.62. The standard InChI is InChI=1S/C11H14N4O3S2/c1-13-20(16,17)7-5-8(19-6-7)9-14-10(15-18-9)11(12)3-2-4-11/h5-6,13H,2-4,12H2,1H3. The molecule has 2 aromatic heterocycles. The van der Waals surface area contributed by atoms with Gasteiger partial charge in [-0.25, -0.2) is 13.1 Å². The Morgan fingerprint density at radius 3 is 2.85 bits per heavy atom. The summed E-state index contributed by atoms with van der Waals surface area (Å²) in [5.74, 6) is 0.796. The van der Waals surface area contributed by atoms with Crippen LogP contribution in [0, 0.1) is 0 Å². The average molecular weight is 314 g/mol. The zero-order valence-corrected chi connectivity index (χ0v) is 12.4. The van der Waals surface area contributed by atoms with Crippen molar-refractivity contribution in [1.82, 2.24) is 14.9 Å². The maximum absolute atomic E-state index is 11.7. The fraction of sp³-hybridized carbons (Fsp3) is 0.455. The molecule has 3 rings (SSSR count). The van der Waals surface area contributed by atoms with Gasteiger partial charge < -0.3 is 10.3 Å². The van der Waals surface area contributed by atoms with Crippen LogP contribution in [0.25, 0.3) is 10.8 Å². The third-order valence-corrected chi connectivity index (χ3v) is 5.94. The fourth-order valence-corrected chi connectivity index (χ4v) is 3.92. The molecule has 0 saturated heterocycles. The van der Waals surface area contributed by atoms with E-state index in [2.05, 4.69) is 14.9 Å². The molecule has 1 fully saturated rings. The first-order chi connectivity index (χ1) is 9.44. The number of rotatable bonds is 4. The molecule has 7 nitrogen and oxygen atoms in total. The van der Waals surface area contributed by atoms with Gasteiger partial charge in [0.1, 0.15) is 0 Å². The molecule has 1 aliphatic carbocycles. The van der Waals surface area contributed by atoms with Gasteiger partial charge in [-0.05, 0) is 32.4 Å². The van der Waals surface area contributed by atoms with Crippen molar-refractivity contribution < 1.29 is 12.9 Å². The van der Waals surface area contributed by atoms with E-state index in [1.165, 1.54) is 29.8 Å². The van der Waals surface area contributed by atoms with Crippen molar-refractivity contribution in [3.8, 4) is 10.8 Å². The second-order valence-corrected chi connectivity index (χ2v) is 7.58. The van der Waals surface area contributed by atoms with Crippen molar-refractivity contribution >= 4 is 21.4 Å². The minimum atomic E-state index is -3.45. The third kappa shape index (κ3) is 2.16. The first-order valence-corrected chi connectivity index (χ1v) is 8.46. The molecular weight excluding hydrogens is 300 g/mol. The van der Waals surface area contributed by atoms with Crippen LogP contribution in [0.2, 0.25) is 0 Å². The molecule has 0 unspecified atom stereocenters. The van der Waals surface area contributed by atoms with E-state index < -0.39 is 15.6 Å². The lowest BCUT2D eigenvalue weighted by Crippen LogP contribution is -2.44. The summed E-state index contributed by atoms with van der Waals surface area (Å²) in [4.78, 5) is 5.09. The van der Waals surface area contributed by atoms with Crippen molar-refractivity contribution in [2.75, 3.05) is 7.05 Å². The molecule has 0 aromatic carbocycles. The molecule has 2 aromatic rings. The minimum absolute atomic E-state index is 0.186. The number of hydrogen-bond acceptors (Lipinski definition) is 7. The van der Waals surface area contributed by atoms with Gasteiger partial charge in [0, 0.05) is 5.38 Å². The van der Waals surface area contributed by atoms with E-state index in [4.69, 9.17) is 10.3 Å². The summed E-state index contributed by atoms with van der Waals surface area (Å²) in [6, 6.07) is 1.51. The molecule has 0 aliphatic heterocycles. The van der Waals surface area contributed by atoms with Crippen molar-refractivity contribution in [2.24, 2.45) is 5.73 Å². The fourth-order valence-electron chi connectivity index (χ4n) is 2.00. The smallest absolute Gasteiger partial charge is 0.268 e. The molecule has 1 aliphatic rings. The van der Waals surface area contributed by atoms with Gasteiger partial charge in [0.25, 0.3) is 5.89 Å². The van der Waals surface area contributed by atoms with Crippen molar-refractivity contribution in [3.05, 3.63) is 17.3 Å². The third-order valence-electron chi connectivity index (χ3n) is 3.48. The predicted molar refractivity (Wildman–Crippen MR) is 73.6 cm³/mol. The molecule has 3 N–H and O–H groups in total. The largest absolute Gasteiger partial charge is 0.333 e. The molecular formula is C11H14N4O3S2. The molecule has 0 atom stereocenters. The first kappa shape index (κ1) is 13.7. The maximum atomic E-state index is 11.7. The number of sulfonamides is 1. The number of aromatic nitrogens is 2. The normalized spacial score (nSPS) is 17.9. The Morgan fingerprint density at radius 2 is 2.25 bits per heavy atom. The summed E-state index contributed by atoms with van der Waals surface area (Å²) in [7, 11) is -2.09. The minimum Gasteiger partial charge on any atom is -0.333 e. The van der Waals surface area contributed by atoms with Crippen LogP contribution >= 0.6 is 11.3 Å². The van der Waals surface area contributed by atoms with Gasteiger partial charge >= 0.3 is 0 Å². The Labute approximate surface area is 120 Å². The molecule has 1 saturated carbocycles. The highest BCUT2D eigenvalue weighted by atomic mass is 32.2. The number of hydrogen-bond donors (Lipinski definition) is 2. The van der Waals surface area contributed by atoms with Crippen LogP contribution in [-0.4, -0.2) is 25.6 Å². The predicted octanol–water partition coefficient (Wildman–Crippen LogP) is 1.04. The highest BCUT2D eigenvalue weighted by Crippen LogP contribution is 2.38. The van der Waals surface area contributed by atoms with Crippen molar-refractivity contribution in [3.63, 3.8) is 0 Å². The van der Waals surface area contributed by atoms with E-state index in [0.717, 1.165) is 19.3 Å². The summed E-state index contributed by atoms with van der Waals surface area (Å²) < 4.78 is 30.8. The number of nitrogens with one attached hydrogen (secondary N) is 1. The molecule has 2 heterocycles. The van der Waals surface area contributed by atoms with E-state index in [9.17, 15) is 8.42 Å². The summed E-state index contributed by atoms with van der Waals surface area (Å²) in [5, 5.41) is 5.44. The van der Waals surface area contributed by atoms with E-state index in [1.807, 2.05) is 0 Å². The number of thiophene rings is 1. The zero-order chi connectivity index (χ0) is 14.4. The van der Waals surface area contributed by atoms with Crippen LogP contribution < -0.4 is 10.5 Å². The van der Waals surface area contributed by atoms with Gasteiger partial charge in [-0.1, -0.05) is 5.16 Å². The van der Waals surface area contributed by atoms with Crippen LogP contribution in [0.3, 0.4) is 0 Å². The lowest BCUT2D eigenvalue weighted by Gasteiger charge is -2.34. The Balaban J connectivity index is 1.91. The molecule has 0 bridgehead atoms. The van der Waals surface area contributed by atoms with Crippen LogP contribution in [0.4, 0.5) is 0 Å². The van der Waals surface area contributed by atoms with Gasteiger partial charge in [0.15, 0.2) is 5.82 Å². The summed E-state index contributed by atoms with van der Waals surface area (Å²) in [6.07, 6.45) is 2.75. The van der Waals surface area contributed by atoms with E-state index in [1.54, 1.807) is 0 Å². The van der Waals surface area contributed by atoms with E-state index in [-0.39, 0.29) is 4.90 Å². The van der Waals surface area contributed by atoms with E-state index >= 15 is 0 Å². The van der Waals surface area contributed by atoms with Gasteiger partial charge in [-0.3, -0.25) is 0 Å². The molecule has 108 valence electrons. The Kier molecular flexibility index (Phi) is 3.16. The summed E-state index contributed by atoms with van der Waals surface area (Å²) >= 11 is 1.24. The second-order valence-electron chi connectivity index (χ2n) is 4.79. The van der Waals surface area contributed by atoms with Gasteiger partial charge in [0.2, 0.25) is 10.0 Å². The van der Waals surface area contributed by atoms with Gasteiger partial charge in [0.05, 0.1) is 15.3 Å². The monoisotopic (exact) mass is 314 g/mol. The van der Waals surface area contributed by atoms with Crippen molar-refractivity contribution in [1.29, 1.82) is 0 Å². The number of nitrogens with zero attached hydrogens (tertiary/aromatic N) is 2. The highest BCUT2D eigenvalue weighted by molar-refractivity contribution is 7.89. The Hall–Kier alpha value is -1.29. The molecule has 0 radical (unpaired) electrons.